The maximum absolute atomic E-state index is 12.3. The second-order valence-corrected chi connectivity index (χ2v) is 6.54. The summed E-state index contributed by atoms with van der Waals surface area (Å²) >= 11 is 0. The molecule has 3 fully saturated rings. The molecule has 126 valence electrons. The van der Waals surface area contributed by atoms with Crippen molar-refractivity contribution in [3.8, 4) is 0 Å². The van der Waals surface area contributed by atoms with Crippen molar-refractivity contribution in [2.24, 2.45) is 11.8 Å². The summed E-state index contributed by atoms with van der Waals surface area (Å²) < 4.78 is 10.00. The van der Waals surface area contributed by atoms with Crippen LogP contribution in [0.15, 0.2) is 0 Å². The number of imide groups is 1. The SMILES string of the molecule is C[C@@H]1C[C@@H](OC(=O)CCN2C(=O)[C@H]3CCCC[C@H]3C2=O)C(=O)O1. The summed E-state index contributed by atoms with van der Waals surface area (Å²) in [6.07, 6.45) is 2.57. The highest BCUT2D eigenvalue weighted by Crippen LogP contribution is 2.38. The average Bonchev–Trinajstić information content (AvgIpc) is 2.96. The van der Waals surface area contributed by atoms with E-state index in [2.05, 4.69) is 0 Å². The van der Waals surface area contributed by atoms with Crippen molar-refractivity contribution in [2.75, 3.05) is 6.54 Å². The van der Waals surface area contributed by atoms with Crippen LogP contribution in [0.25, 0.3) is 0 Å². The van der Waals surface area contributed by atoms with E-state index in [1.54, 1.807) is 6.92 Å². The van der Waals surface area contributed by atoms with Crippen molar-refractivity contribution >= 4 is 23.8 Å². The van der Waals surface area contributed by atoms with Gasteiger partial charge in [-0.25, -0.2) is 4.79 Å². The van der Waals surface area contributed by atoms with Gasteiger partial charge in [-0.05, 0) is 19.8 Å². The number of nitrogens with zero attached hydrogens (tertiary/aromatic N) is 1. The van der Waals surface area contributed by atoms with Gasteiger partial charge < -0.3 is 9.47 Å². The van der Waals surface area contributed by atoms with Crippen LogP contribution in [0.2, 0.25) is 0 Å². The van der Waals surface area contributed by atoms with E-state index < -0.39 is 18.0 Å². The first kappa shape index (κ1) is 16.0. The standard InChI is InChI=1S/C16H21NO6/c1-9-8-12(16(21)22-9)23-13(18)6-7-17-14(19)10-4-2-3-5-11(10)15(17)20/h9-12H,2-8H2,1H3/t9-,10-,11+,12-/m1/s1. The molecule has 3 rings (SSSR count). The molecule has 2 saturated heterocycles. The summed E-state index contributed by atoms with van der Waals surface area (Å²) in [5.41, 5.74) is 0. The molecule has 1 saturated carbocycles. The summed E-state index contributed by atoms with van der Waals surface area (Å²) in [5.74, 6) is -1.87. The maximum Gasteiger partial charge on any atom is 0.347 e. The van der Waals surface area contributed by atoms with Gasteiger partial charge in [0, 0.05) is 13.0 Å². The number of carbonyl (C=O) groups is 4. The molecule has 2 aliphatic heterocycles. The second kappa shape index (κ2) is 6.29. The quantitative estimate of drug-likeness (QED) is 0.561. The third-order valence-corrected chi connectivity index (χ3v) is 4.87. The molecular weight excluding hydrogens is 302 g/mol. The van der Waals surface area contributed by atoms with Crippen molar-refractivity contribution in [1.29, 1.82) is 0 Å². The van der Waals surface area contributed by atoms with Crippen molar-refractivity contribution in [1.82, 2.24) is 4.90 Å². The first-order valence-electron chi connectivity index (χ1n) is 8.22. The third-order valence-electron chi connectivity index (χ3n) is 4.87. The molecular formula is C16H21NO6. The van der Waals surface area contributed by atoms with E-state index in [1.807, 2.05) is 0 Å². The van der Waals surface area contributed by atoms with Crippen molar-refractivity contribution in [3.05, 3.63) is 0 Å². The Morgan fingerprint density at radius 1 is 1.17 bits per heavy atom. The number of esters is 2. The van der Waals surface area contributed by atoms with Gasteiger partial charge >= 0.3 is 11.9 Å². The molecule has 0 radical (unpaired) electrons. The van der Waals surface area contributed by atoms with Gasteiger partial charge in [-0.1, -0.05) is 12.8 Å². The number of carbonyl (C=O) groups excluding carboxylic acids is 4. The van der Waals surface area contributed by atoms with Gasteiger partial charge in [0.1, 0.15) is 6.10 Å². The molecule has 0 bridgehead atoms. The molecule has 0 unspecified atom stereocenters. The Hall–Kier alpha value is -1.92. The molecule has 0 spiro atoms. The Kier molecular flexibility index (Phi) is 4.37. The van der Waals surface area contributed by atoms with Gasteiger partial charge in [0.15, 0.2) is 0 Å². The van der Waals surface area contributed by atoms with Crippen LogP contribution in [0.1, 0.15) is 45.4 Å². The Labute approximate surface area is 134 Å². The number of amides is 2. The lowest BCUT2D eigenvalue weighted by molar-refractivity contribution is -0.161. The molecule has 4 atom stereocenters. The number of fused-ring (bicyclic) bond motifs is 1. The monoisotopic (exact) mass is 323 g/mol. The molecule has 1 aliphatic carbocycles. The Morgan fingerprint density at radius 2 is 1.78 bits per heavy atom. The topological polar surface area (TPSA) is 90.0 Å². The zero-order valence-electron chi connectivity index (χ0n) is 13.2. The molecule has 0 aromatic carbocycles. The predicted molar refractivity (Wildman–Crippen MR) is 76.8 cm³/mol. The van der Waals surface area contributed by atoms with Crippen LogP contribution in [0.3, 0.4) is 0 Å². The van der Waals surface area contributed by atoms with Crippen LogP contribution in [0, 0.1) is 11.8 Å². The predicted octanol–water partition coefficient (Wildman–Crippen LogP) is 0.799. The van der Waals surface area contributed by atoms with Crippen LogP contribution >= 0.6 is 0 Å². The van der Waals surface area contributed by atoms with E-state index in [9.17, 15) is 19.2 Å². The highest BCUT2D eigenvalue weighted by atomic mass is 16.6. The number of rotatable bonds is 4. The highest BCUT2D eigenvalue weighted by molar-refractivity contribution is 6.05. The van der Waals surface area contributed by atoms with Crippen LogP contribution in [-0.4, -0.2) is 47.4 Å². The minimum absolute atomic E-state index is 0.0286. The van der Waals surface area contributed by atoms with E-state index >= 15 is 0 Å². The average molecular weight is 323 g/mol. The zero-order valence-corrected chi connectivity index (χ0v) is 13.2. The summed E-state index contributed by atoms with van der Waals surface area (Å²) in [6.45, 7) is 1.76. The summed E-state index contributed by atoms with van der Waals surface area (Å²) in [7, 11) is 0. The maximum atomic E-state index is 12.3. The molecule has 23 heavy (non-hydrogen) atoms. The molecule has 0 N–H and O–H groups in total. The van der Waals surface area contributed by atoms with E-state index in [0.717, 1.165) is 25.7 Å². The Morgan fingerprint density at radius 3 is 2.30 bits per heavy atom. The van der Waals surface area contributed by atoms with Crippen molar-refractivity contribution in [3.63, 3.8) is 0 Å². The lowest BCUT2D eigenvalue weighted by atomic mass is 9.81. The molecule has 3 aliphatic rings. The number of likely N-dealkylation sites (tertiary alicyclic amines) is 1. The molecule has 7 nitrogen and oxygen atoms in total. The number of hydrogen-bond donors (Lipinski definition) is 0. The van der Waals surface area contributed by atoms with Crippen LogP contribution in [0.5, 0.6) is 0 Å². The summed E-state index contributed by atoms with van der Waals surface area (Å²) in [5, 5.41) is 0. The minimum atomic E-state index is -0.870. The van der Waals surface area contributed by atoms with Crippen LogP contribution < -0.4 is 0 Å². The fraction of sp³-hybridized carbons (Fsp3) is 0.750. The molecule has 2 heterocycles. The van der Waals surface area contributed by atoms with Gasteiger partial charge in [0.25, 0.3) is 0 Å². The smallest absolute Gasteiger partial charge is 0.347 e. The lowest BCUT2D eigenvalue weighted by Crippen LogP contribution is -2.34. The largest absolute Gasteiger partial charge is 0.460 e. The second-order valence-electron chi connectivity index (χ2n) is 6.54. The van der Waals surface area contributed by atoms with Crippen molar-refractivity contribution in [2.45, 2.75) is 57.7 Å². The van der Waals surface area contributed by atoms with Gasteiger partial charge in [-0.2, -0.15) is 0 Å². The Bertz CT molecular complexity index is 521. The fourth-order valence-corrected chi connectivity index (χ4v) is 3.69. The summed E-state index contributed by atoms with van der Waals surface area (Å²) in [6, 6.07) is 0. The number of hydrogen-bond acceptors (Lipinski definition) is 6. The van der Waals surface area contributed by atoms with E-state index in [0.29, 0.717) is 6.42 Å². The highest BCUT2D eigenvalue weighted by Gasteiger charge is 2.48. The Balaban J connectivity index is 1.52. The van der Waals surface area contributed by atoms with E-state index in [4.69, 9.17) is 9.47 Å². The van der Waals surface area contributed by atoms with Gasteiger partial charge in [-0.15, -0.1) is 0 Å². The molecule has 0 aromatic rings. The zero-order chi connectivity index (χ0) is 16.6. The van der Waals surface area contributed by atoms with Crippen LogP contribution in [0.4, 0.5) is 0 Å². The summed E-state index contributed by atoms with van der Waals surface area (Å²) in [4.78, 5) is 49.0. The molecule has 2 amide bonds. The van der Waals surface area contributed by atoms with Gasteiger partial charge in [0.05, 0.1) is 18.3 Å². The van der Waals surface area contributed by atoms with Gasteiger partial charge in [0.2, 0.25) is 17.9 Å². The first-order valence-corrected chi connectivity index (χ1v) is 8.22. The van der Waals surface area contributed by atoms with Crippen LogP contribution in [-0.2, 0) is 28.7 Å². The van der Waals surface area contributed by atoms with E-state index in [1.165, 1.54) is 4.90 Å². The first-order chi connectivity index (χ1) is 11.0. The minimum Gasteiger partial charge on any atom is -0.460 e. The fourth-order valence-electron chi connectivity index (χ4n) is 3.69. The van der Waals surface area contributed by atoms with E-state index in [-0.39, 0.29) is 42.7 Å². The van der Waals surface area contributed by atoms with Gasteiger partial charge in [-0.3, -0.25) is 19.3 Å². The lowest BCUT2D eigenvalue weighted by Gasteiger charge is -2.19. The molecule has 7 heteroatoms. The molecule has 0 aromatic heterocycles. The number of cyclic esters (lactones) is 1. The number of ether oxygens (including phenoxy) is 2. The third kappa shape index (κ3) is 3.09. The normalized spacial score (nSPS) is 33.6. The van der Waals surface area contributed by atoms with Crippen molar-refractivity contribution < 1.29 is 28.7 Å².